The van der Waals surface area contributed by atoms with E-state index in [0.29, 0.717) is 17.1 Å². The van der Waals surface area contributed by atoms with Gasteiger partial charge in [-0.15, -0.1) is 0 Å². The van der Waals surface area contributed by atoms with Gasteiger partial charge in [0, 0.05) is 29.4 Å². The van der Waals surface area contributed by atoms with Crippen molar-refractivity contribution in [1.29, 1.82) is 0 Å². The van der Waals surface area contributed by atoms with Gasteiger partial charge in [0.2, 0.25) is 5.91 Å². The van der Waals surface area contributed by atoms with Gasteiger partial charge in [0.1, 0.15) is 11.6 Å². The summed E-state index contributed by atoms with van der Waals surface area (Å²) in [5, 5.41) is 9.34. The van der Waals surface area contributed by atoms with Crippen molar-refractivity contribution >= 4 is 39.3 Å². The number of aryl methyl sites for hydroxylation is 1. The van der Waals surface area contributed by atoms with E-state index in [2.05, 4.69) is 10.4 Å². The maximum absolute atomic E-state index is 12.9. The molecule has 2 aromatic heterocycles. The number of halogens is 1. The predicted molar refractivity (Wildman–Crippen MR) is 110 cm³/mol. The number of nitrogens with one attached hydrogen (secondary N) is 1. The molecule has 0 aliphatic rings. The second kappa shape index (κ2) is 7.13. The Hall–Kier alpha value is -3.12. The number of hydrogen-bond donors (Lipinski definition) is 1. The van der Waals surface area contributed by atoms with E-state index in [0.717, 1.165) is 21.9 Å². The second-order valence-corrected chi connectivity index (χ2v) is 7.18. The lowest BCUT2D eigenvalue weighted by atomic mass is 10.2. The molecule has 0 saturated carbocycles. The van der Waals surface area contributed by atoms with Crippen LogP contribution in [0.15, 0.2) is 59.5 Å². The fraction of sp³-hybridized carbons (Fsp3) is 0.190. The molecule has 4 rings (SSSR count). The van der Waals surface area contributed by atoms with Crippen LogP contribution in [-0.2, 0) is 18.4 Å². The van der Waals surface area contributed by atoms with Gasteiger partial charge in [-0.05, 0) is 30.7 Å². The number of para-hydroxylation sites is 1. The molecule has 142 valence electrons. The van der Waals surface area contributed by atoms with E-state index in [9.17, 15) is 9.59 Å². The smallest absolute Gasteiger partial charge is 0.291 e. The first-order chi connectivity index (χ1) is 13.5. The van der Waals surface area contributed by atoms with Crippen molar-refractivity contribution in [2.75, 3.05) is 0 Å². The second-order valence-electron chi connectivity index (χ2n) is 6.75. The molecular formula is C21H19ClN4O2. The number of carbonyl (C=O) groups excluding carboxylic acids is 1. The zero-order valence-electron chi connectivity index (χ0n) is 15.5. The number of benzene rings is 2. The van der Waals surface area contributed by atoms with E-state index in [1.807, 2.05) is 42.5 Å². The summed E-state index contributed by atoms with van der Waals surface area (Å²) in [5.41, 5.74) is 1.98. The molecule has 0 aliphatic carbocycles. The van der Waals surface area contributed by atoms with E-state index >= 15 is 0 Å². The van der Waals surface area contributed by atoms with Crippen LogP contribution in [0.4, 0.5) is 0 Å². The van der Waals surface area contributed by atoms with Gasteiger partial charge in [-0.1, -0.05) is 41.9 Å². The SMILES string of the molecule is C[C@H](C(=O)NCc1cccc(Cl)c1)n1c2ccccc2c2cnn(C)c(=O)c21. The van der Waals surface area contributed by atoms with Crippen molar-refractivity contribution in [3.8, 4) is 0 Å². The highest BCUT2D eigenvalue weighted by molar-refractivity contribution is 6.30. The Morgan fingerprint density at radius 3 is 2.75 bits per heavy atom. The summed E-state index contributed by atoms with van der Waals surface area (Å²) >= 11 is 6.01. The minimum absolute atomic E-state index is 0.179. The molecule has 6 nitrogen and oxygen atoms in total. The molecule has 0 radical (unpaired) electrons. The first-order valence-electron chi connectivity index (χ1n) is 8.94. The lowest BCUT2D eigenvalue weighted by Crippen LogP contribution is -2.32. The Balaban J connectivity index is 1.75. The Labute approximate surface area is 166 Å². The molecule has 0 aliphatic heterocycles. The van der Waals surface area contributed by atoms with Gasteiger partial charge in [-0.2, -0.15) is 5.10 Å². The van der Waals surface area contributed by atoms with Crippen LogP contribution < -0.4 is 10.9 Å². The first kappa shape index (κ1) is 18.3. The van der Waals surface area contributed by atoms with Crippen LogP contribution in [-0.4, -0.2) is 20.3 Å². The van der Waals surface area contributed by atoms with Gasteiger partial charge < -0.3 is 9.88 Å². The molecule has 1 amide bonds. The predicted octanol–water partition coefficient (Wildman–Crippen LogP) is 3.42. The van der Waals surface area contributed by atoms with Gasteiger partial charge in [-0.25, -0.2) is 4.68 Å². The lowest BCUT2D eigenvalue weighted by Gasteiger charge is -2.16. The molecule has 0 fully saturated rings. The molecule has 1 atom stereocenters. The normalized spacial score (nSPS) is 12.4. The van der Waals surface area contributed by atoms with Gasteiger partial charge in [-0.3, -0.25) is 9.59 Å². The van der Waals surface area contributed by atoms with Gasteiger partial charge in [0.15, 0.2) is 0 Å². The summed E-state index contributed by atoms with van der Waals surface area (Å²) in [4.78, 5) is 25.7. The van der Waals surface area contributed by atoms with E-state index in [4.69, 9.17) is 11.6 Å². The van der Waals surface area contributed by atoms with Crippen LogP contribution in [0.1, 0.15) is 18.5 Å². The van der Waals surface area contributed by atoms with Crippen molar-refractivity contribution in [1.82, 2.24) is 19.7 Å². The number of carbonyl (C=O) groups is 1. The lowest BCUT2D eigenvalue weighted by molar-refractivity contribution is -0.123. The zero-order valence-corrected chi connectivity index (χ0v) is 16.3. The van der Waals surface area contributed by atoms with Crippen molar-refractivity contribution in [2.24, 2.45) is 7.05 Å². The monoisotopic (exact) mass is 394 g/mol. The van der Waals surface area contributed by atoms with Crippen molar-refractivity contribution in [3.05, 3.63) is 75.7 Å². The third kappa shape index (κ3) is 3.05. The largest absolute Gasteiger partial charge is 0.350 e. The minimum Gasteiger partial charge on any atom is -0.350 e. The maximum atomic E-state index is 12.9. The van der Waals surface area contributed by atoms with Crippen molar-refractivity contribution < 1.29 is 4.79 Å². The number of aromatic nitrogens is 3. The highest BCUT2D eigenvalue weighted by Crippen LogP contribution is 2.29. The summed E-state index contributed by atoms with van der Waals surface area (Å²) in [6, 6.07) is 14.4. The summed E-state index contributed by atoms with van der Waals surface area (Å²) in [6.07, 6.45) is 1.67. The Morgan fingerprint density at radius 2 is 1.96 bits per heavy atom. The molecule has 28 heavy (non-hydrogen) atoms. The van der Waals surface area contributed by atoms with Gasteiger partial charge in [0.25, 0.3) is 5.56 Å². The van der Waals surface area contributed by atoms with Gasteiger partial charge >= 0.3 is 0 Å². The van der Waals surface area contributed by atoms with Crippen LogP contribution in [0.5, 0.6) is 0 Å². The Morgan fingerprint density at radius 1 is 1.18 bits per heavy atom. The van der Waals surface area contributed by atoms with Crippen LogP contribution in [0.2, 0.25) is 5.02 Å². The first-order valence-corrected chi connectivity index (χ1v) is 9.32. The summed E-state index contributed by atoms with van der Waals surface area (Å²) in [7, 11) is 1.60. The van der Waals surface area contributed by atoms with E-state index in [1.165, 1.54) is 4.68 Å². The fourth-order valence-corrected chi connectivity index (χ4v) is 3.70. The average Bonchev–Trinajstić information content (AvgIpc) is 3.03. The Kier molecular flexibility index (Phi) is 4.65. The maximum Gasteiger partial charge on any atom is 0.291 e. The van der Waals surface area contributed by atoms with Crippen LogP contribution in [0.3, 0.4) is 0 Å². The Bertz CT molecular complexity index is 1260. The molecule has 2 heterocycles. The van der Waals surface area contributed by atoms with E-state index in [1.54, 1.807) is 30.8 Å². The third-order valence-corrected chi connectivity index (χ3v) is 5.16. The zero-order chi connectivity index (χ0) is 19.8. The standard InChI is InChI=1S/C21H19ClN4O2/c1-13(20(27)23-11-14-6-5-7-15(22)10-14)26-18-9-4-3-8-16(18)17-12-24-25(2)21(28)19(17)26/h3-10,12-13H,11H2,1-2H3,(H,23,27)/t13-/m1/s1. The molecule has 2 aromatic carbocycles. The highest BCUT2D eigenvalue weighted by Gasteiger charge is 2.23. The average molecular weight is 395 g/mol. The number of hydrogen-bond acceptors (Lipinski definition) is 3. The van der Waals surface area contributed by atoms with Crippen LogP contribution >= 0.6 is 11.6 Å². The van der Waals surface area contributed by atoms with Gasteiger partial charge in [0.05, 0.1) is 11.7 Å². The molecule has 0 bridgehead atoms. The van der Waals surface area contributed by atoms with Crippen LogP contribution in [0.25, 0.3) is 21.8 Å². The number of amides is 1. The topological polar surface area (TPSA) is 68.9 Å². The number of nitrogens with zero attached hydrogens (tertiary/aromatic N) is 3. The molecule has 0 unspecified atom stereocenters. The van der Waals surface area contributed by atoms with Crippen molar-refractivity contribution in [3.63, 3.8) is 0 Å². The van der Waals surface area contributed by atoms with E-state index < -0.39 is 6.04 Å². The summed E-state index contributed by atoms with van der Waals surface area (Å²) in [5.74, 6) is -0.179. The van der Waals surface area contributed by atoms with E-state index in [-0.39, 0.29) is 11.5 Å². The fourth-order valence-electron chi connectivity index (χ4n) is 3.49. The quantitative estimate of drug-likeness (QED) is 0.576. The minimum atomic E-state index is -0.573. The summed E-state index contributed by atoms with van der Waals surface area (Å²) in [6.45, 7) is 2.15. The molecule has 4 aromatic rings. The summed E-state index contributed by atoms with van der Waals surface area (Å²) < 4.78 is 3.08. The molecular weight excluding hydrogens is 376 g/mol. The molecule has 0 spiro atoms. The third-order valence-electron chi connectivity index (χ3n) is 4.93. The highest BCUT2D eigenvalue weighted by atomic mass is 35.5. The molecule has 0 saturated heterocycles. The molecule has 1 N–H and O–H groups in total. The van der Waals surface area contributed by atoms with Crippen molar-refractivity contribution in [2.45, 2.75) is 19.5 Å². The number of rotatable bonds is 4. The van der Waals surface area contributed by atoms with Crippen LogP contribution in [0, 0.1) is 0 Å². The molecule has 7 heteroatoms. The number of fused-ring (bicyclic) bond motifs is 3.